The van der Waals surface area contributed by atoms with Crippen LogP contribution in [-0.4, -0.2) is 30.7 Å². The van der Waals surface area contributed by atoms with Gasteiger partial charge in [-0.05, 0) is 30.5 Å². The molecular weight excluding hydrogens is 284 g/mol. The maximum atomic E-state index is 14.0. The second kappa shape index (κ2) is 5.32. The third kappa shape index (κ3) is 2.46. The number of anilines is 1. The summed E-state index contributed by atoms with van der Waals surface area (Å²) < 4.78 is 27.0. The molecule has 1 N–H and O–H groups in total. The Labute approximate surface area is 128 Å². The predicted molar refractivity (Wildman–Crippen MR) is 81.7 cm³/mol. The molecule has 2 saturated heterocycles. The van der Waals surface area contributed by atoms with Crippen molar-refractivity contribution in [2.45, 2.75) is 12.5 Å². The van der Waals surface area contributed by atoms with Gasteiger partial charge in [0.1, 0.15) is 11.6 Å². The fourth-order valence-electron chi connectivity index (χ4n) is 3.52. The first-order chi connectivity index (χ1) is 10.7. The zero-order valence-corrected chi connectivity index (χ0v) is 12.1. The van der Waals surface area contributed by atoms with Crippen LogP contribution in [0.3, 0.4) is 0 Å². The van der Waals surface area contributed by atoms with Gasteiger partial charge in [-0.25, -0.2) is 8.78 Å². The van der Waals surface area contributed by atoms with Gasteiger partial charge in [0.25, 0.3) is 0 Å². The van der Waals surface area contributed by atoms with Crippen molar-refractivity contribution >= 4 is 5.69 Å². The van der Waals surface area contributed by atoms with Crippen molar-refractivity contribution in [2.24, 2.45) is 5.92 Å². The number of rotatable bonds is 2. The average molecular weight is 301 g/mol. The lowest BCUT2D eigenvalue weighted by molar-refractivity contribution is 0.474. The van der Waals surface area contributed by atoms with E-state index in [9.17, 15) is 8.78 Å². The first kappa shape index (κ1) is 13.6. The highest BCUT2D eigenvalue weighted by Crippen LogP contribution is 2.30. The van der Waals surface area contributed by atoms with Gasteiger partial charge in [-0.3, -0.25) is 4.98 Å². The molecule has 22 heavy (non-hydrogen) atoms. The molecule has 3 nitrogen and oxygen atoms in total. The molecule has 0 aliphatic carbocycles. The van der Waals surface area contributed by atoms with Crippen LogP contribution in [0.1, 0.15) is 6.42 Å². The molecular formula is C17H17F2N3. The molecule has 0 amide bonds. The summed E-state index contributed by atoms with van der Waals surface area (Å²) in [6.07, 6.45) is 4.67. The third-order valence-electron chi connectivity index (χ3n) is 4.56. The number of hydrogen-bond acceptors (Lipinski definition) is 3. The van der Waals surface area contributed by atoms with Crippen LogP contribution in [0, 0.1) is 17.6 Å². The van der Waals surface area contributed by atoms with E-state index in [2.05, 4.69) is 15.2 Å². The number of halogens is 2. The molecule has 0 spiro atoms. The first-order valence-corrected chi connectivity index (χ1v) is 7.58. The van der Waals surface area contributed by atoms with Gasteiger partial charge in [-0.15, -0.1) is 0 Å². The molecule has 1 aromatic carbocycles. The molecule has 2 aliphatic rings. The lowest BCUT2D eigenvalue weighted by Gasteiger charge is -2.32. The summed E-state index contributed by atoms with van der Waals surface area (Å²) in [5.41, 5.74) is 2.06. The van der Waals surface area contributed by atoms with E-state index < -0.39 is 11.6 Å². The second-order valence-electron chi connectivity index (χ2n) is 6.17. The van der Waals surface area contributed by atoms with Crippen molar-refractivity contribution in [1.29, 1.82) is 0 Å². The largest absolute Gasteiger partial charge is 0.368 e. The van der Waals surface area contributed by atoms with Crippen LogP contribution >= 0.6 is 0 Å². The van der Waals surface area contributed by atoms with Crippen molar-refractivity contribution in [3.8, 4) is 11.1 Å². The number of benzene rings is 1. The predicted octanol–water partition coefficient (Wildman–Crippen LogP) is 2.82. The van der Waals surface area contributed by atoms with Gasteiger partial charge in [-0.1, -0.05) is 0 Å². The highest BCUT2D eigenvalue weighted by atomic mass is 19.1. The van der Waals surface area contributed by atoms with Gasteiger partial charge < -0.3 is 10.2 Å². The van der Waals surface area contributed by atoms with Crippen LogP contribution in [0.25, 0.3) is 11.1 Å². The highest BCUT2D eigenvalue weighted by Gasteiger charge is 2.32. The molecule has 2 aromatic rings. The van der Waals surface area contributed by atoms with Crippen molar-refractivity contribution in [2.75, 3.05) is 24.5 Å². The Hall–Kier alpha value is -2.01. The summed E-state index contributed by atoms with van der Waals surface area (Å²) in [5.74, 6) is -0.451. The molecule has 1 aromatic heterocycles. The monoisotopic (exact) mass is 301 g/mol. The molecule has 2 atom stereocenters. The van der Waals surface area contributed by atoms with E-state index in [1.807, 2.05) is 12.3 Å². The summed E-state index contributed by atoms with van der Waals surface area (Å²) >= 11 is 0. The lowest BCUT2D eigenvalue weighted by atomic mass is 9.99. The second-order valence-corrected chi connectivity index (χ2v) is 6.17. The number of nitrogens with one attached hydrogen (secondary N) is 1. The minimum atomic E-state index is -0.566. The molecule has 4 rings (SSSR count). The Bertz CT molecular complexity index is 692. The van der Waals surface area contributed by atoms with E-state index in [-0.39, 0.29) is 0 Å². The standard InChI is InChI=1S/C17H17F2N3/c18-13-1-2-16(17(19)5-13)12-4-15(8-20-7-12)22-9-11-3-14(10-22)21-6-11/h1-2,4-5,7-8,11,14,21H,3,6,9-10H2. The van der Waals surface area contributed by atoms with Crippen LogP contribution in [0.2, 0.25) is 0 Å². The fourth-order valence-corrected chi connectivity index (χ4v) is 3.52. The summed E-state index contributed by atoms with van der Waals surface area (Å²) in [6.45, 7) is 3.02. The van der Waals surface area contributed by atoms with Crippen molar-refractivity contribution < 1.29 is 8.78 Å². The molecule has 0 radical (unpaired) electrons. The van der Waals surface area contributed by atoms with Crippen LogP contribution < -0.4 is 10.2 Å². The summed E-state index contributed by atoms with van der Waals surface area (Å²) in [4.78, 5) is 6.55. The Morgan fingerprint density at radius 1 is 1.14 bits per heavy atom. The van der Waals surface area contributed by atoms with Gasteiger partial charge in [0.2, 0.25) is 0 Å². The van der Waals surface area contributed by atoms with Crippen molar-refractivity contribution in [3.05, 3.63) is 48.3 Å². The minimum Gasteiger partial charge on any atom is -0.368 e. The topological polar surface area (TPSA) is 28.2 Å². The van der Waals surface area contributed by atoms with Crippen molar-refractivity contribution in [1.82, 2.24) is 10.3 Å². The molecule has 2 unspecified atom stereocenters. The van der Waals surface area contributed by atoms with E-state index in [1.54, 1.807) is 6.20 Å². The Morgan fingerprint density at radius 3 is 2.86 bits per heavy atom. The van der Waals surface area contributed by atoms with Gasteiger partial charge >= 0.3 is 0 Å². The van der Waals surface area contributed by atoms with E-state index in [0.717, 1.165) is 31.4 Å². The number of pyridine rings is 1. The van der Waals surface area contributed by atoms with E-state index >= 15 is 0 Å². The summed E-state index contributed by atoms with van der Waals surface area (Å²) in [5, 5.41) is 3.52. The van der Waals surface area contributed by atoms with E-state index in [0.29, 0.717) is 23.1 Å². The normalized spacial score (nSPS) is 23.8. The maximum absolute atomic E-state index is 14.0. The SMILES string of the molecule is Fc1ccc(-c2cncc(N3CC4CNC(C4)C3)c2)c(F)c1. The summed E-state index contributed by atoms with van der Waals surface area (Å²) in [7, 11) is 0. The zero-order chi connectivity index (χ0) is 15.1. The Morgan fingerprint density at radius 2 is 2.05 bits per heavy atom. The first-order valence-electron chi connectivity index (χ1n) is 7.58. The molecule has 114 valence electrons. The Kier molecular flexibility index (Phi) is 3.30. The Balaban J connectivity index is 1.65. The number of fused-ring (bicyclic) bond motifs is 2. The number of aromatic nitrogens is 1. The maximum Gasteiger partial charge on any atom is 0.133 e. The van der Waals surface area contributed by atoms with E-state index in [4.69, 9.17) is 0 Å². The van der Waals surface area contributed by atoms with Crippen LogP contribution in [0.4, 0.5) is 14.5 Å². The van der Waals surface area contributed by atoms with Crippen LogP contribution in [0.5, 0.6) is 0 Å². The van der Waals surface area contributed by atoms with Crippen LogP contribution in [-0.2, 0) is 0 Å². The molecule has 2 fully saturated rings. The number of nitrogens with zero attached hydrogens (tertiary/aromatic N) is 2. The van der Waals surface area contributed by atoms with Gasteiger partial charge in [-0.2, -0.15) is 0 Å². The molecule has 2 aliphatic heterocycles. The zero-order valence-electron chi connectivity index (χ0n) is 12.1. The molecule has 5 heteroatoms. The fraction of sp³-hybridized carbons (Fsp3) is 0.353. The smallest absolute Gasteiger partial charge is 0.133 e. The average Bonchev–Trinajstić information content (AvgIpc) is 2.86. The van der Waals surface area contributed by atoms with Gasteiger partial charge in [0.05, 0.1) is 11.9 Å². The molecule has 3 heterocycles. The van der Waals surface area contributed by atoms with Gasteiger partial charge in [0, 0.05) is 49.1 Å². The lowest BCUT2D eigenvalue weighted by Crippen LogP contribution is -2.41. The minimum absolute atomic E-state index is 0.383. The van der Waals surface area contributed by atoms with Crippen molar-refractivity contribution in [3.63, 3.8) is 0 Å². The highest BCUT2D eigenvalue weighted by molar-refractivity contribution is 5.67. The number of hydrogen-bond donors (Lipinski definition) is 1. The third-order valence-corrected chi connectivity index (χ3v) is 4.56. The van der Waals surface area contributed by atoms with Gasteiger partial charge in [0.15, 0.2) is 0 Å². The quantitative estimate of drug-likeness (QED) is 0.924. The summed E-state index contributed by atoms with van der Waals surface area (Å²) in [6, 6.07) is 6.12. The van der Waals surface area contributed by atoms with Crippen LogP contribution in [0.15, 0.2) is 36.7 Å². The van der Waals surface area contributed by atoms with E-state index in [1.165, 1.54) is 18.6 Å². The molecule has 2 bridgehead atoms. The number of piperidine rings is 1. The molecule has 0 saturated carbocycles.